The zero-order valence-electron chi connectivity index (χ0n) is 36.2. The molecule has 5 aliphatic carbocycles. The van der Waals surface area contributed by atoms with Gasteiger partial charge in [-0.05, 0) is 122 Å². The Balaban J connectivity index is 0.000000125. The number of rotatable bonds is 0. The number of aromatic nitrogens is 6. The Hall–Kier alpha value is -3.28. The Kier molecular flexibility index (Phi) is 9.30. The first-order chi connectivity index (χ1) is 25.1. The second kappa shape index (κ2) is 12.9. The minimum atomic E-state index is 0.159. The standard InChI is InChI=1S/2C16H24N2.C16H20N2/c1-10-15(2,3)12-6-11-8-17-9-18-14(11)7-13(12)16(10,4)5;1-10-15(2,3)12-6-7-13-11(8-17-9-18-13)14(12)16(10,4)5;1-10-15(2,3)12-7-6-11-8-17-9-18-14(11)13(12)16(10,4)5/h8-10,12-13H,6-7H2,1-5H3;8-10,12,14H,6-7H2,1-5H3;6-10H,1-5H3. The molecule has 0 N–H and O–H groups in total. The highest BCUT2D eigenvalue weighted by molar-refractivity contribution is 5.84. The van der Waals surface area contributed by atoms with Gasteiger partial charge in [0.2, 0.25) is 0 Å². The molecule has 0 spiro atoms. The fourth-order valence-corrected chi connectivity index (χ4v) is 13.0. The summed E-state index contributed by atoms with van der Waals surface area (Å²) < 4.78 is 0. The van der Waals surface area contributed by atoms with E-state index in [1.165, 1.54) is 46.5 Å². The van der Waals surface area contributed by atoms with Crippen LogP contribution in [-0.4, -0.2) is 29.9 Å². The first kappa shape index (κ1) is 39.0. The number of benzene rings is 1. The van der Waals surface area contributed by atoms with Crippen molar-refractivity contribution >= 4 is 10.9 Å². The van der Waals surface area contributed by atoms with Gasteiger partial charge in [0.15, 0.2) is 0 Å². The maximum Gasteiger partial charge on any atom is 0.116 e. The number of nitrogens with zero attached hydrogens (tertiary/aromatic N) is 6. The summed E-state index contributed by atoms with van der Waals surface area (Å²) in [5.74, 6) is 5.04. The van der Waals surface area contributed by atoms with E-state index in [0.717, 1.165) is 53.3 Å². The van der Waals surface area contributed by atoms with Gasteiger partial charge in [0.25, 0.3) is 0 Å². The van der Waals surface area contributed by atoms with Crippen molar-refractivity contribution in [1.82, 2.24) is 29.9 Å². The lowest BCUT2D eigenvalue weighted by Gasteiger charge is -2.37. The second-order valence-corrected chi connectivity index (χ2v) is 21.5. The molecular weight excluding hydrogens is 661 g/mol. The molecule has 290 valence electrons. The van der Waals surface area contributed by atoms with Crippen LogP contribution in [0.3, 0.4) is 0 Å². The van der Waals surface area contributed by atoms with E-state index in [1.54, 1.807) is 19.0 Å². The van der Waals surface area contributed by atoms with Crippen LogP contribution in [0.4, 0.5) is 0 Å². The highest BCUT2D eigenvalue weighted by Gasteiger charge is 2.60. The third-order valence-electron chi connectivity index (χ3n) is 17.8. The second-order valence-electron chi connectivity index (χ2n) is 21.5. The normalized spacial score (nSPS) is 32.0. The average molecular weight is 729 g/mol. The van der Waals surface area contributed by atoms with E-state index in [0.29, 0.717) is 33.5 Å². The number of aryl methyl sites for hydroxylation is 1. The molecule has 2 fully saturated rings. The molecule has 1 aromatic carbocycles. The Bertz CT molecular complexity index is 1990. The van der Waals surface area contributed by atoms with Crippen molar-refractivity contribution in [2.75, 3.05) is 0 Å². The summed E-state index contributed by atoms with van der Waals surface area (Å²) in [6.45, 7) is 36.2. The third kappa shape index (κ3) is 5.68. The van der Waals surface area contributed by atoms with Crippen LogP contribution in [0.5, 0.6) is 0 Å². The Morgan fingerprint density at radius 1 is 0.537 bits per heavy atom. The molecule has 0 amide bonds. The molecule has 7 unspecified atom stereocenters. The summed E-state index contributed by atoms with van der Waals surface area (Å²) in [5.41, 5.74) is 11.4. The summed E-state index contributed by atoms with van der Waals surface area (Å²) >= 11 is 0. The highest BCUT2D eigenvalue weighted by Crippen LogP contribution is 2.67. The van der Waals surface area contributed by atoms with Gasteiger partial charge in [-0.15, -0.1) is 0 Å². The largest absolute Gasteiger partial charge is 0.245 e. The Morgan fingerprint density at radius 2 is 1.09 bits per heavy atom. The van der Waals surface area contributed by atoms with Crippen LogP contribution in [0.2, 0.25) is 0 Å². The van der Waals surface area contributed by atoms with Crippen LogP contribution in [0.1, 0.15) is 150 Å². The van der Waals surface area contributed by atoms with E-state index >= 15 is 0 Å². The molecule has 0 saturated heterocycles. The molecule has 3 aromatic heterocycles. The highest BCUT2D eigenvalue weighted by atomic mass is 14.9. The zero-order valence-corrected chi connectivity index (χ0v) is 36.2. The predicted octanol–water partition coefficient (Wildman–Crippen LogP) is 11.2. The van der Waals surface area contributed by atoms with Gasteiger partial charge in [-0.1, -0.05) is 116 Å². The van der Waals surface area contributed by atoms with Crippen LogP contribution in [-0.2, 0) is 30.1 Å². The van der Waals surface area contributed by atoms with Crippen molar-refractivity contribution in [3.8, 4) is 0 Å². The van der Waals surface area contributed by atoms with E-state index in [4.69, 9.17) is 0 Å². The summed E-state index contributed by atoms with van der Waals surface area (Å²) in [5, 5.41) is 1.15. The lowest BCUT2D eigenvalue weighted by atomic mass is 9.68. The molecule has 4 aromatic rings. The molecule has 6 heteroatoms. The van der Waals surface area contributed by atoms with Gasteiger partial charge in [0.05, 0.1) is 5.52 Å². The van der Waals surface area contributed by atoms with Gasteiger partial charge in [0, 0.05) is 35.4 Å². The third-order valence-corrected chi connectivity index (χ3v) is 17.8. The number of hydrogen-bond donors (Lipinski definition) is 0. The van der Waals surface area contributed by atoms with E-state index in [2.05, 4.69) is 152 Å². The van der Waals surface area contributed by atoms with Crippen LogP contribution in [0.15, 0.2) is 49.7 Å². The van der Waals surface area contributed by atoms with Crippen molar-refractivity contribution in [1.29, 1.82) is 0 Å². The van der Waals surface area contributed by atoms with Crippen molar-refractivity contribution < 1.29 is 0 Å². The number of hydrogen-bond acceptors (Lipinski definition) is 6. The van der Waals surface area contributed by atoms with Crippen LogP contribution < -0.4 is 0 Å². The fraction of sp³-hybridized carbons (Fsp3) is 0.667. The lowest BCUT2D eigenvalue weighted by Crippen LogP contribution is -2.33. The maximum absolute atomic E-state index is 4.54. The van der Waals surface area contributed by atoms with E-state index in [9.17, 15) is 0 Å². The van der Waals surface area contributed by atoms with Gasteiger partial charge < -0.3 is 0 Å². The zero-order chi connectivity index (χ0) is 39.4. The molecule has 0 aliphatic heterocycles. The first-order valence-electron chi connectivity index (χ1n) is 20.9. The topological polar surface area (TPSA) is 77.3 Å². The van der Waals surface area contributed by atoms with Gasteiger partial charge >= 0.3 is 0 Å². The van der Waals surface area contributed by atoms with Crippen LogP contribution >= 0.6 is 0 Å². The SMILES string of the molecule is CC1C(C)(C)C2CCc3ncncc3C2C1(C)C.CC1C(C)(C)C2Cc3cncnc3CC2C1(C)C.CC1C(C)(C)c2ccc3cncnc3c2C1(C)C. The summed E-state index contributed by atoms with van der Waals surface area (Å²) in [6.07, 6.45) is 15.8. The molecule has 0 bridgehead atoms. The first-order valence-corrected chi connectivity index (χ1v) is 20.9. The Morgan fingerprint density at radius 3 is 1.78 bits per heavy atom. The van der Waals surface area contributed by atoms with Crippen LogP contribution in [0, 0.1) is 57.2 Å². The minimum absolute atomic E-state index is 0.159. The molecule has 54 heavy (non-hydrogen) atoms. The summed E-state index contributed by atoms with van der Waals surface area (Å²) in [7, 11) is 0. The number of fused-ring (bicyclic) bond motifs is 8. The molecule has 7 atom stereocenters. The monoisotopic (exact) mass is 729 g/mol. The molecular formula is C48H68N6. The maximum atomic E-state index is 4.54. The minimum Gasteiger partial charge on any atom is -0.245 e. The molecule has 9 rings (SSSR count). The van der Waals surface area contributed by atoms with Crippen molar-refractivity contribution in [2.24, 2.45) is 57.2 Å². The Labute approximate surface area is 326 Å². The molecule has 6 nitrogen and oxygen atoms in total. The summed E-state index contributed by atoms with van der Waals surface area (Å²) in [4.78, 5) is 26.2. The van der Waals surface area contributed by atoms with E-state index in [1.807, 2.05) is 12.4 Å². The fourth-order valence-electron chi connectivity index (χ4n) is 13.0. The van der Waals surface area contributed by atoms with E-state index < -0.39 is 0 Å². The lowest BCUT2D eigenvalue weighted by molar-refractivity contribution is 0.150. The van der Waals surface area contributed by atoms with Crippen LogP contribution in [0.25, 0.3) is 10.9 Å². The molecule has 2 saturated carbocycles. The molecule has 5 aliphatic rings. The average Bonchev–Trinajstić information content (AvgIpc) is 3.45. The van der Waals surface area contributed by atoms with Gasteiger partial charge in [-0.25, -0.2) is 29.9 Å². The molecule has 3 heterocycles. The van der Waals surface area contributed by atoms with Crippen molar-refractivity contribution in [2.45, 2.75) is 146 Å². The van der Waals surface area contributed by atoms with Gasteiger partial charge in [-0.3, -0.25) is 0 Å². The molecule has 0 radical (unpaired) electrons. The summed E-state index contributed by atoms with van der Waals surface area (Å²) in [6, 6.07) is 4.43. The smallest absolute Gasteiger partial charge is 0.116 e. The predicted molar refractivity (Wildman–Crippen MR) is 221 cm³/mol. The van der Waals surface area contributed by atoms with E-state index in [-0.39, 0.29) is 10.8 Å². The van der Waals surface area contributed by atoms with Gasteiger partial charge in [0.1, 0.15) is 19.0 Å². The quantitative estimate of drug-likeness (QED) is 0.179. The van der Waals surface area contributed by atoms with Crippen molar-refractivity contribution in [3.63, 3.8) is 0 Å². The van der Waals surface area contributed by atoms with Crippen molar-refractivity contribution in [3.05, 3.63) is 83.3 Å². The van der Waals surface area contributed by atoms with Gasteiger partial charge in [-0.2, -0.15) is 0 Å².